The molecule has 0 aliphatic carbocycles. The predicted molar refractivity (Wildman–Crippen MR) is 99.0 cm³/mol. The Morgan fingerprint density at radius 3 is 2.12 bits per heavy atom. The Kier molecular flexibility index (Phi) is 4.01. The zero-order valence-corrected chi connectivity index (χ0v) is 14.4. The Morgan fingerprint density at radius 1 is 0.769 bits per heavy atom. The fourth-order valence-electron chi connectivity index (χ4n) is 2.87. The van der Waals surface area contributed by atoms with Gasteiger partial charge in [-0.2, -0.15) is 0 Å². The summed E-state index contributed by atoms with van der Waals surface area (Å²) in [5, 5.41) is 0.272. The molecular weight excluding hydrogens is 349 g/mol. The fraction of sp³-hybridized carbons (Fsp3) is 0. The van der Waals surface area contributed by atoms with Gasteiger partial charge in [-0.15, -0.1) is 0 Å². The molecule has 4 rings (SSSR count). The second kappa shape index (κ2) is 6.35. The Bertz CT molecular complexity index is 1190. The van der Waals surface area contributed by atoms with Crippen molar-refractivity contribution in [2.45, 2.75) is 9.79 Å². The maximum atomic E-state index is 13.8. The third kappa shape index (κ3) is 2.86. The van der Waals surface area contributed by atoms with Crippen LogP contribution in [-0.2, 0) is 9.84 Å². The van der Waals surface area contributed by atoms with E-state index >= 15 is 0 Å². The van der Waals surface area contributed by atoms with Crippen LogP contribution < -0.4 is 0 Å². The van der Waals surface area contributed by atoms with Crippen LogP contribution in [0.25, 0.3) is 22.2 Å². The summed E-state index contributed by atoms with van der Waals surface area (Å²) in [5.74, 6) is -0.503. The highest BCUT2D eigenvalue weighted by Crippen LogP contribution is 2.31. The first-order valence-electron chi connectivity index (χ1n) is 8.01. The summed E-state index contributed by atoms with van der Waals surface area (Å²) < 4.78 is 40.2. The number of sulfone groups is 1. The maximum absolute atomic E-state index is 13.8. The monoisotopic (exact) mass is 363 g/mol. The van der Waals surface area contributed by atoms with Gasteiger partial charge in [0.15, 0.2) is 0 Å². The number of halogens is 1. The average molecular weight is 363 g/mol. The molecule has 128 valence electrons. The fourth-order valence-corrected chi connectivity index (χ4v) is 4.36. The summed E-state index contributed by atoms with van der Waals surface area (Å²) in [6.07, 6.45) is 0. The molecule has 0 aliphatic heterocycles. The van der Waals surface area contributed by atoms with Crippen LogP contribution in [0.2, 0.25) is 0 Å². The lowest BCUT2D eigenvalue weighted by atomic mass is 10.1. The molecule has 0 saturated heterocycles. The number of hydrogen-bond donors (Lipinski definition) is 0. The summed E-state index contributed by atoms with van der Waals surface area (Å²) in [6, 6.07) is 23.0. The third-order valence-corrected chi connectivity index (χ3v) is 5.95. The van der Waals surface area contributed by atoms with Gasteiger partial charge in [0, 0.05) is 10.9 Å². The van der Waals surface area contributed by atoms with Crippen molar-refractivity contribution >= 4 is 20.7 Å². The van der Waals surface area contributed by atoms with E-state index in [4.69, 9.17) is 0 Å². The van der Waals surface area contributed by atoms with E-state index in [0.29, 0.717) is 11.2 Å². The summed E-state index contributed by atoms with van der Waals surface area (Å²) in [5.41, 5.74) is 1.75. The molecule has 3 nitrogen and oxygen atoms in total. The van der Waals surface area contributed by atoms with Crippen molar-refractivity contribution in [3.05, 3.63) is 90.7 Å². The summed E-state index contributed by atoms with van der Waals surface area (Å²) in [7, 11) is -3.82. The first-order valence-corrected chi connectivity index (χ1v) is 9.50. The van der Waals surface area contributed by atoms with Crippen LogP contribution in [0.3, 0.4) is 0 Å². The minimum atomic E-state index is -3.82. The zero-order chi connectivity index (χ0) is 18.1. The van der Waals surface area contributed by atoms with E-state index in [-0.39, 0.29) is 15.2 Å². The van der Waals surface area contributed by atoms with Gasteiger partial charge in [0.1, 0.15) is 5.82 Å². The maximum Gasteiger partial charge on any atom is 0.207 e. The highest BCUT2D eigenvalue weighted by molar-refractivity contribution is 7.91. The van der Waals surface area contributed by atoms with Crippen molar-refractivity contribution in [2.24, 2.45) is 0 Å². The van der Waals surface area contributed by atoms with E-state index in [0.717, 1.165) is 5.56 Å². The highest BCUT2D eigenvalue weighted by atomic mass is 32.2. The quantitative estimate of drug-likeness (QED) is 0.521. The van der Waals surface area contributed by atoms with Crippen molar-refractivity contribution in [1.82, 2.24) is 4.98 Å². The molecule has 4 aromatic rings. The molecule has 0 radical (unpaired) electrons. The number of benzene rings is 3. The molecule has 0 aliphatic rings. The van der Waals surface area contributed by atoms with Crippen LogP contribution in [0, 0.1) is 5.82 Å². The third-order valence-electron chi connectivity index (χ3n) is 4.15. The molecule has 3 aromatic carbocycles. The van der Waals surface area contributed by atoms with Crippen molar-refractivity contribution < 1.29 is 12.8 Å². The van der Waals surface area contributed by atoms with Gasteiger partial charge >= 0.3 is 0 Å². The first kappa shape index (κ1) is 16.4. The van der Waals surface area contributed by atoms with Gasteiger partial charge in [0.2, 0.25) is 9.84 Å². The van der Waals surface area contributed by atoms with Gasteiger partial charge in [-0.3, -0.25) is 0 Å². The molecule has 5 heteroatoms. The van der Waals surface area contributed by atoms with Crippen molar-refractivity contribution in [1.29, 1.82) is 0 Å². The van der Waals surface area contributed by atoms with Crippen LogP contribution in [0.5, 0.6) is 0 Å². The van der Waals surface area contributed by atoms with Crippen LogP contribution in [0.4, 0.5) is 4.39 Å². The Labute approximate surface area is 150 Å². The van der Waals surface area contributed by atoms with Gasteiger partial charge in [0.05, 0.1) is 21.0 Å². The van der Waals surface area contributed by atoms with Gasteiger partial charge < -0.3 is 0 Å². The average Bonchev–Trinajstić information content (AvgIpc) is 2.68. The van der Waals surface area contributed by atoms with E-state index in [1.54, 1.807) is 18.2 Å². The van der Waals surface area contributed by atoms with Gasteiger partial charge in [-0.05, 0) is 36.4 Å². The molecular formula is C21H14FNO2S. The summed E-state index contributed by atoms with van der Waals surface area (Å²) in [6.45, 7) is 0. The van der Waals surface area contributed by atoms with E-state index < -0.39 is 15.7 Å². The molecule has 0 saturated carbocycles. The zero-order valence-electron chi connectivity index (χ0n) is 13.6. The topological polar surface area (TPSA) is 47.0 Å². The summed E-state index contributed by atoms with van der Waals surface area (Å²) >= 11 is 0. The smallest absolute Gasteiger partial charge is 0.207 e. The minimum absolute atomic E-state index is 0.0482. The lowest BCUT2D eigenvalue weighted by molar-refractivity contribution is 0.597. The van der Waals surface area contributed by atoms with Gasteiger partial charge in [-0.1, -0.05) is 48.5 Å². The lowest BCUT2D eigenvalue weighted by Crippen LogP contribution is -2.04. The molecule has 0 fully saturated rings. The number of pyridine rings is 1. The lowest BCUT2D eigenvalue weighted by Gasteiger charge is -2.11. The van der Waals surface area contributed by atoms with Crippen LogP contribution in [-0.4, -0.2) is 13.4 Å². The molecule has 0 spiro atoms. The van der Waals surface area contributed by atoms with E-state index in [9.17, 15) is 12.8 Å². The number of nitrogens with zero attached hydrogens (tertiary/aromatic N) is 1. The Morgan fingerprint density at radius 2 is 1.42 bits per heavy atom. The van der Waals surface area contributed by atoms with E-state index in [1.807, 2.05) is 30.3 Å². The normalized spacial score (nSPS) is 11.6. The van der Waals surface area contributed by atoms with Gasteiger partial charge in [0.25, 0.3) is 0 Å². The minimum Gasteiger partial charge on any atom is -0.248 e. The van der Waals surface area contributed by atoms with E-state index in [1.165, 1.54) is 36.4 Å². The Hall–Kier alpha value is -3.05. The van der Waals surface area contributed by atoms with Crippen molar-refractivity contribution in [2.75, 3.05) is 0 Å². The molecule has 0 unspecified atom stereocenters. The number of aromatic nitrogens is 1. The van der Waals surface area contributed by atoms with Gasteiger partial charge in [-0.25, -0.2) is 17.8 Å². The molecule has 26 heavy (non-hydrogen) atoms. The molecule has 0 amide bonds. The summed E-state index contributed by atoms with van der Waals surface area (Å²) in [4.78, 5) is 4.73. The molecule has 0 atom stereocenters. The molecule has 1 aromatic heterocycles. The van der Waals surface area contributed by atoms with Crippen molar-refractivity contribution in [3.8, 4) is 11.3 Å². The number of rotatable bonds is 3. The van der Waals surface area contributed by atoms with Crippen LogP contribution in [0.1, 0.15) is 0 Å². The number of hydrogen-bond acceptors (Lipinski definition) is 3. The molecule has 0 N–H and O–H groups in total. The van der Waals surface area contributed by atoms with E-state index in [2.05, 4.69) is 4.98 Å². The standard InChI is InChI=1S/C21H14FNO2S/c22-16-11-12-19-18(13-16)21(26(24,25)17-9-5-2-6-10-17)14-20(23-19)15-7-3-1-4-8-15/h1-14H. The highest BCUT2D eigenvalue weighted by Gasteiger charge is 2.22. The second-order valence-electron chi connectivity index (χ2n) is 5.85. The molecule has 1 heterocycles. The molecule has 0 bridgehead atoms. The Balaban J connectivity index is 2.05. The first-order chi connectivity index (χ1) is 12.6. The second-order valence-corrected chi connectivity index (χ2v) is 7.77. The SMILES string of the molecule is O=S(=O)(c1ccccc1)c1cc(-c2ccccc2)nc2ccc(F)cc12. The van der Waals surface area contributed by atoms with Crippen molar-refractivity contribution in [3.63, 3.8) is 0 Å². The number of fused-ring (bicyclic) bond motifs is 1. The van der Waals surface area contributed by atoms with Crippen LogP contribution >= 0.6 is 0 Å². The predicted octanol–water partition coefficient (Wildman–Crippen LogP) is 4.87. The largest absolute Gasteiger partial charge is 0.248 e. The van der Waals surface area contributed by atoms with Crippen LogP contribution in [0.15, 0.2) is 94.7 Å².